The van der Waals surface area contributed by atoms with Gasteiger partial charge >= 0.3 is 0 Å². The fraction of sp³-hybridized carbons (Fsp3) is 0.382. The van der Waals surface area contributed by atoms with Crippen LogP contribution in [0.15, 0.2) is 201 Å². The van der Waals surface area contributed by atoms with E-state index in [9.17, 15) is 0 Å². The number of hydrogen-bond acceptors (Lipinski definition) is 0. The molecule has 10 rings (SSSR count). The molecule has 0 saturated carbocycles. The van der Waals surface area contributed by atoms with E-state index in [1.807, 2.05) is 163 Å². The fourth-order valence-electron chi connectivity index (χ4n) is 11.8. The maximum Gasteiger partial charge on any atom is 0.212 e. The highest BCUT2D eigenvalue weighted by molar-refractivity contribution is 5.65. The van der Waals surface area contributed by atoms with Crippen molar-refractivity contribution in [2.75, 3.05) is 0 Å². The average molecular weight is 1260 g/mol. The molecule has 0 aliphatic carbocycles. The molecular weight excluding hydrogens is 1140 g/mol. The van der Waals surface area contributed by atoms with Crippen molar-refractivity contribution in [3.05, 3.63) is 268 Å². The Balaban J connectivity index is 0.000000197. The average Bonchev–Trinajstić information content (AvgIpc) is 0.778. The number of aryl methyl sites for hydroxylation is 13. The van der Waals surface area contributed by atoms with Crippen LogP contribution in [0.4, 0.5) is 0 Å². The molecule has 0 amide bonds. The highest BCUT2D eigenvalue weighted by atomic mass is 14.9. The van der Waals surface area contributed by atoms with Gasteiger partial charge in [0.1, 0.15) is 35.2 Å². The van der Waals surface area contributed by atoms with E-state index in [2.05, 4.69) is 228 Å². The van der Waals surface area contributed by atoms with E-state index in [1.165, 1.54) is 78.1 Å². The van der Waals surface area contributed by atoms with Crippen LogP contribution in [-0.2, 0) is 67.2 Å². The molecule has 0 bridgehead atoms. The van der Waals surface area contributed by atoms with E-state index < -0.39 is 29.9 Å². The zero-order valence-corrected chi connectivity index (χ0v) is 62.2. The van der Waals surface area contributed by atoms with Crippen LogP contribution in [0.5, 0.6) is 0 Å². The molecule has 494 valence electrons. The zero-order valence-electron chi connectivity index (χ0n) is 68.2. The molecule has 5 aromatic carbocycles. The van der Waals surface area contributed by atoms with Gasteiger partial charge in [0.2, 0.25) is 28.5 Å². The summed E-state index contributed by atoms with van der Waals surface area (Å²) < 4.78 is 60.0. The van der Waals surface area contributed by atoms with Crippen molar-refractivity contribution in [2.24, 2.45) is 56.9 Å². The number of pyridine rings is 5. The highest BCUT2D eigenvalue weighted by Gasteiger charge is 2.23. The molecular formula is C89H118N5+5. The first kappa shape index (κ1) is 65.9. The monoisotopic (exact) mass is 1260 g/mol. The summed E-state index contributed by atoms with van der Waals surface area (Å²) in [6, 6.07) is 58.6. The number of hydrogen-bond donors (Lipinski definition) is 0. The van der Waals surface area contributed by atoms with Crippen molar-refractivity contribution < 1.29 is 31.1 Å². The Hall–Kier alpha value is -8.15. The van der Waals surface area contributed by atoms with Gasteiger partial charge in [-0.25, -0.2) is 22.8 Å². The minimum Gasteiger partial charge on any atom is -0.201 e. The summed E-state index contributed by atoms with van der Waals surface area (Å²) in [5, 5.41) is 0. The second-order valence-electron chi connectivity index (χ2n) is 30.3. The molecule has 0 fully saturated rings. The standard InChI is InChI=1S/C19H26N.3C18H24N.C16H20N/c1-14-9-7-8-10-17(14)18-11-15(2)16(13-20(18)6)12-19(3,4)5;2*1-14-8-6-7-9-16(14)17-12-15(10-11-19(17)5)13-18(2,3)4;1-14-8-6-7-9-16(14)17-11-10-15(13-19(17)5)12-18(2,3)4;1-5-14-11-17(4)16(10-13(14)3)15-9-7-6-8-12(15)2/h7-11,13H,12H2,1-6H3;2*6-12H,13H2,1-5H3;6-11,13H,12H2,1-5H3;6-11H,5H2,1-4H3/q5*+1/i;13D2;;12D2;5D2. The lowest BCUT2D eigenvalue weighted by Crippen LogP contribution is -2.32. The first-order chi connectivity index (χ1) is 46.2. The molecule has 0 aliphatic heterocycles. The van der Waals surface area contributed by atoms with Crippen LogP contribution in [0.3, 0.4) is 0 Å². The summed E-state index contributed by atoms with van der Waals surface area (Å²) in [6.45, 7) is 41.8. The third-order valence-corrected chi connectivity index (χ3v) is 16.4. The molecule has 5 heterocycles. The summed E-state index contributed by atoms with van der Waals surface area (Å²) >= 11 is 0. The van der Waals surface area contributed by atoms with E-state index >= 15 is 0 Å². The van der Waals surface area contributed by atoms with Crippen molar-refractivity contribution >= 4 is 0 Å². The van der Waals surface area contributed by atoms with Crippen LogP contribution >= 0.6 is 0 Å². The van der Waals surface area contributed by atoms with Gasteiger partial charge in [-0.1, -0.05) is 181 Å². The lowest BCUT2D eigenvalue weighted by molar-refractivity contribution is -0.661. The third kappa shape index (κ3) is 22.5. The molecule has 0 aliphatic rings. The Morgan fingerprint density at radius 2 is 0.596 bits per heavy atom. The smallest absolute Gasteiger partial charge is 0.201 e. The highest BCUT2D eigenvalue weighted by Crippen LogP contribution is 2.30. The fourth-order valence-corrected chi connectivity index (χ4v) is 11.8. The molecule has 0 saturated heterocycles. The lowest BCUT2D eigenvalue weighted by atomic mass is 9.87. The maximum absolute atomic E-state index is 8.46. The van der Waals surface area contributed by atoms with Gasteiger partial charge in [0.05, 0.1) is 0 Å². The number of benzene rings is 5. The zero-order chi connectivity index (χ0) is 74.8. The SMILES string of the molecule is Cc1cc(-c2ccccc2C)[n+](C)cc1CC(C)(C)C.Cc1ccccc1-c1cc(CC(C)(C)C)cc[n+]1C.[2H]C([2H])(C)c1c[n+](C)c(-c2ccccc2C)cc1C.[2H]C([2H])(c1cc[n+](C)c(-c2ccccc2C)c1)C(C)(C)C.[2H]C([2H])(c1ccc(-c2ccccc2C)[n+](C)c1)C(C)(C)C. The Bertz CT molecular complexity index is 4430. The molecule has 10 aromatic rings. The van der Waals surface area contributed by atoms with E-state index in [0.717, 1.165) is 57.7 Å². The summed E-state index contributed by atoms with van der Waals surface area (Å²) in [5.41, 5.74) is 25.5. The molecule has 0 radical (unpaired) electrons. The largest absolute Gasteiger partial charge is 0.212 e. The van der Waals surface area contributed by atoms with Gasteiger partial charge in [0.15, 0.2) is 31.0 Å². The van der Waals surface area contributed by atoms with E-state index in [-0.39, 0.29) is 0 Å². The quantitative estimate of drug-likeness (QED) is 0.122. The van der Waals surface area contributed by atoms with Gasteiger partial charge in [-0.05, 0) is 189 Å². The van der Waals surface area contributed by atoms with Gasteiger partial charge in [-0.2, -0.15) is 0 Å². The Labute approximate surface area is 579 Å². The predicted octanol–water partition coefficient (Wildman–Crippen LogP) is 20.0. The minimum atomic E-state index is -1.38. The van der Waals surface area contributed by atoms with Crippen molar-refractivity contribution in [2.45, 2.75) is 170 Å². The van der Waals surface area contributed by atoms with Crippen LogP contribution in [0, 0.1) is 70.1 Å². The first-order valence-corrected chi connectivity index (χ1v) is 33.5. The van der Waals surface area contributed by atoms with E-state index in [4.69, 9.17) is 8.22 Å². The number of aromatic nitrogens is 5. The Kier molecular flexibility index (Phi) is 23.0. The van der Waals surface area contributed by atoms with E-state index in [0.29, 0.717) is 10.8 Å². The molecule has 5 nitrogen and oxygen atoms in total. The van der Waals surface area contributed by atoms with Crippen LogP contribution in [0.1, 0.15) is 165 Å². The van der Waals surface area contributed by atoms with Crippen molar-refractivity contribution in [3.63, 3.8) is 0 Å². The van der Waals surface area contributed by atoms with Gasteiger partial charge in [0.25, 0.3) is 0 Å². The molecule has 0 unspecified atom stereocenters. The van der Waals surface area contributed by atoms with Crippen LogP contribution in [-0.4, -0.2) is 0 Å². The van der Waals surface area contributed by atoms with Crippen LogP contribution in [0.25, 0.3) is 56.3 Å². The maximum atomic E-state index is 8.46. The minimum absolute atomic E-state index is 0.321. The molecule has 5 heteroatoms. The second kappa shape index (κ2) is 32.8. The summed E-state index contributed by atoms with van der Waals surface area (Å²) in [7, 11) is 10.2. The Morgan fingerprint density at radius 1 is 0.287 bits per heavy atom. The molecule has 0 atom stereocenters. The van der Waals surface area contributed by atoms with Crippen molar-refractivity contribution in [3.8, 4) is 56.3 Å². The topological polar surface area (TPSA) is 19.4 Å². The van der Waals surface area contributed by atoms with Crippen LogP contribution in [0.2, 0.25) is 0 Å². The normalized spacial score (nSPS) is 12.9. The molecule has 0 N–H and O–H groups in total. The van der Waals surface area contributed by atoms with Gasteiger partial charge in [-0.15, -0.1) is 0 Å². The summed E-state index contributed by atoms with van der Waals surface area (Å²) in [5.74, 6) is 0. The second-order valence-corrected chi connectivity index (χ2v) is 30.3. The molecule has 94 heavy (non-hydrogen) atoms. The van der Waals surface area contributed by atoms with Gasteiger partial charge in [-0.3, -0.25) is 0 Å². The predicted molar refractivity (Wildman–Crippen MR) is 400 cm³/mol. The molecule has 5 aromatic heterocycles. The van der Waals surface area contributed by atoms with Crippen LogP contribution < -0.4 is 22.8 Å². The third-order valence-electron chi connectivity index (χ3n) is 16.4. The van der Waals surface area contributed by atoms with Crippen molar-refractivity contribution in [1.29, 1.82) is 0 Å². The summed E-state index contributed by atoms with van der Waals surface area (Å²) in [4.78, 5) is 0. The van der Waals surface area contributed by atoms with Gasteiger partial charge in [0, 0.05) is 95.2 Å². The number of rotatable bonds is 10. The van der Waals surface area contributed by atoms with Gasteiger partial charge < -0.3 is 0 Å². The number of nitrogens with zero attached hydrogens (tertiary/aromatic N) is 5. The van der Waals surface area contributed by atoms with Crippen molar-refractivity contribution in [1.82, 2.24) is 0 Å². The Morgan fingerprint density at radius 3 is 0.947 bits per heavy atom. The summed E-state index contributed by atoms with van der Waals surface area (Å²) in [6.07, 6.45) is 8.38. The first-order valence-electron chi connectivity index (χ1n) is 36.5. The molecule has 0 spiro atoms. The lowest BCUT2D eigenvalue weighted by Gasteiger charge is -2.19. The van der Waals surface area contributed by atoms with E-state index in [1.54, 1.807) is 6.92 Å².